The zero-order valence-corrected chi connectivity index (χ0v) is 21.7. The Labute approximate surface area is 224 Å². The van der Waals surface area contributed by atoms with Gasteiger partial charge in [-0.2, -0.15) is 0 Å². The Hall–Kier alpha value is -4.00. The largest absolute Gasteiger partial charge is 0.524 e. The number of phosphoric ester groups is 1. The van der Waals surface area contributed by atoms with Gasteiger partial charge in [-0.25, -0.2) is 31.3 Å². The second kappa shape index (κ2) is 10.9. The van der Waals surface area contributed by atoms with Crippen LogP contribution in [0.2, 0.25) is 0 Å². The Morgan fingerprint density at radius 1 is 1.00 bits per heavy atom. The summed E-state index contributed by atoms with van der Waals surface area (Å²) in [5, 5.41) is 2.30. The summed E-state index contributed by atoms with van der Waals surface area (Å²) in [6.45, 7) is 0.283. The second-order valence-corrected chi connectivity index (χ2v) is 10.0. The first-order valence-electron chi connectivity index (χ1n) is 11.5. The average molecular weight is 585 g/mol. The molecular weight excluding hydrogens is 564 g/mol. The van der Waals surface area contributed by atoms with Gasteiger partial charge in [0.1, 0.15) is 23.2 Å². The second-order valence-electron chi connectivity index (χ2n) is 8.88. The number of carbonyl (C=O) groups is 2. The molecule has 15 heteroatoms. The Morgan fingerprint density at radius 3 is 2.27 bits per heavy atom. The van der Waals surface area contributed by atoms with Crippen molar-refractivity contribution in [3.63, 3.8) is 0 Å². The number of phosphoric acid groups is 1. The quantitative estimate of drug-likeness (QED) is 0.268. The summed E-state index contributed by atoms with van der Waals surface area (Å²) in [4.78, 5) is 46.7. The van der Waals surface area contributed by atoms with Crippen LogP contribution in [-0.4, -0.2) is 33.7 Å². The summed E-state index contributed by atoms with van der Waals surface area (Å²) in [6, 6.07) is 5.14. The molecule has 212 valence electrons. The third-order valence-electron chi connectivity index (χ3n) is 6.37. The van der Waals surface area contributed by atoms with Crippen molar-refractivity contribution in [1.82, 2.24) is 10.2 Å². The first-order chi connectivity index (χ1) is 18.7. The number of carbonyl (C=O) groups excluding carboxylic acids is 2. The van der Waals surface area contributed by atoms with Crippen molar-refractivity contribution in [2.45, 2.75) is 26.1 Å². The molecule has 3 amide bonds. The SMILES string of the molecule is C[C@H]1c2ccc(C(=O)NCc3c(F)cc(F)cc3F)cc2N(Cc2c(OP(=O)(O)O)ccc(F)c2F)C(=O)N1C. The first kappa shape index (κ1) is 29.0. The highest BCUT2D eigenvalue weighted by molar-refractivity contribution is 7.46. The Kier molecular flexibility index (Phi) is 7.88. The van der Waals surface area contributed by atoms with Gasteiger partial charge in [0.2, 0.25) is 0 Å². The van der Waals surface area contributed by atoms with E-state index >= 15 is 0 Å². The molecule has 0 bridgehead atoms. The number of fused-ring (bicyclic) bond motifs is 1. The monoisotopic (exact) mass is 585 g/mol. The van der Waals surface area contributed by atoms with Gasteiger partial charge in [-0.3, -0.25) is 19.5 Å². The average Bonchev–Trinajstić information content (AvgIpc) is 2.87. The summed E-state index contributed by atoms with van der Waals surface area (Å²) in [6.07, 6.45) is 0. The maximum Gasteiger partial charge on any atom is 0.524 e. The number of halogens is 5. The molecule has 0 saturated heterocycles. The maximum absolute atomic E-state index is 14.8. The van der Waals surface area contributed by atoms with Gasteiger partial charge in [0.15, 0.2) is 11.6 Å². The molecule has 9 nitrogen and oxygen atoms in total. The first-order valence-corrected chi connectivity index (χ1v) is 13.0. The van der Waals surface area contributed by atoms with Gasteiger partial charge in [0.25, 0.3) is 5.91 Å². The van der Waals surface area contributed by atoms with E-state index in [1.807, 2.05) is 0 Å². The molecule has 1 aliphatic rings. The highest BCUT2D eigenvalue weighted by Gasteiger charge is 2.35. The predicted molar refractivity (Wildman–Crippen MR) is 131 cm³/mol. The number of anilines is 1. The van der Waals surface area contributed by atoms with Gasteiger partial charge >= 0.3 is 13.9 Å². The van der Waals surface area contributed by atoms with Crippen LogP contribution in [0.5, 0.6) is 5.75 Å². The van der Waals surface area contributed by atoms with Crippen LogP contribution in [0.25, 0.3) is 0 Å². The normalized spacial score (nSPS) is 15.2. The topological polar surface area (TPSA) is 119 Å². The molecule has 1 heterocycles. The minimum atomic E-state index is -5.20. The van der Waals surface area contributed by atoms with Gasteiger partial charge in [0, 0.05) is 36.9 Å². The molecule has 1 atom stereocenters. The third kappa shape index (κ3) is 5.79. The van der Waals surface area contributed by atoms with Crippen LogP contribution in [-0.2, 0) is 17.7 Å². The van der Waals surface area contributed by atoms with E-state index in [-0.39, 0.29) is 11.3 Å². The summed E-state index contributed by atoms with van der Waals surface area (Å²) < 4.78 is 85.9. The smallest absolute Gasteiger partial charge is 0.404 e. The number of nitrogens with one attached hydrogen (secondary N) is 1. The minimum Gasteiger partial charge on any atom is -0.404 e. The molecule has 0 radical (unpaired) electrons. The fourth-order valence-electron chi connectivity index (χ4n) is 4.20. The number of hydrogen-bond donors (Lipinski definition) is 3. The molecule has 4 rings (SSSR count). The number of nitrogens with zero attached hydrogens (tertiary/aromatic N) is 2. The minimum absolute atomic E-state index is 0.0770. The molecule has 0 fully saturated rings. The van der Waals surface area contributed by atoms with Crippen molar-refractivity contribution < 1.29 is 50.4 Å². The van der Waals surface area contributed by atoms with Gasteiger partial charge in [0.05, 0.1) is 23.8 Å². The summed E-state index contributed by atoms with van der Waals surface area (Å²) >= 11 is 0. The van der Waals surface area contributed by atoms with Crippen LogP contribution in [0, 0.1) is 29.1 Å². The lowest BCUT2D eigenvalue weighted by Crippen LogP contribution is -2.46. The van der Waals surface area contributed by atoms with E-state index in [4.69, 9.17) is 0 Å². The maximum atomic E-state index is 14.8. The molecule has 3 N–H and O–H groups in total. The highest BCUT2D eigenvalue weighted by Crippen LogP contribution is 2.42. The Bertz CT molecular complexity index is 1540. The van der Waals surface area contributed by atoms with Crippen molar-refractivity contribution in [3.05, 3.63) is 93.8 Å². The molecule has 0 spiro atoms. The van der Waals surface area contributed by atoms with E-state index in [0.29, 0.717) is 23.8 Å². The fourth-order valence-corrected chi connectivity index (χ4v) is 4.63. The van der Waals surface area contributed by atoms with E-state index < -0.39 is 84.9 Å². The van der Waals surface area contributed by atoms with Gasteiger partial charge in [-0.15, -0.1) is 0 Å². The summed E-state index contributed by atoms with van der Waals surface area (Å²) in [5.41, 5.74) is -0.791. The Morgan fingerprint density at radius 2 is 1.65 bits per heavy atom. The van der Waals surface area contributed by atoms with Crippen LogP contribution >= 0.6 is 7.82 Å². The van der Waals surface area contributed by atoms with E-state index in [9.17, 15) is 45.9 Å². The molecule has 0 aromatic heterocycles. The molecular formula is C25H21F5N3O6P. The summed E-state index contributed by atoms with van der Waals surface area (Å²) in [5.74, 6) is -7.96. The van der Waals surface area contributed by atoms with Gasteiger partial charge < -0.3 is 14.7 Å². The highest BCUT2D eigenvalue weighted by atomic mass is 31.2. The van der Waals surface area contributed by atoms with Crippen LogP contribution in [0.1, 0.15) is 40.0 Å². The lowest BCUT2D eigenvalue weighted by Gasteiger charge is -2.40. The molecule has 3 aromatic rings. The zero-order valence-electron chi connectivity index (χ0n) is 20.8. The molecule has 0 aliphatic carbocycles. The van der Waals surface area contributed by atoms with Gasteiger partial charge in [-0.05, 0) is 36.8 Å². The molecule has 1 aliphatic heterocycles. The molecule has 3 aromatic carbocycles. The standard InChI is InChI=1S/C25H21F5N3O6P/c1-12-15-4-3-13(24(34)31-10-16-19(28)8-14(26)9-20(16)29)7-21(15)33(25(35)32(12)2)11-17-22(39-40(36,37)38)6-5-18(27)23(17)30/h3-9,12H,10-11H2,1-2H3,(H,31,34)(H2,36,37,38)/t12-/m0/s1. The van der Waals surface area contributed by atoms with E-state index in [0.717, 1.165) is 11.0 Å². The fraction of sp³-hybridized carbons (Fsp3) is 0.200. The summed E-state index contributed by atoms with van der Waals surface area (Å²) in [7, 11) is -3.77. The van der Waals surface area contributed by atoms with Crippen molar-refractivity contribution in [3.8, 4) is 5.75 Å². The van der Waals surface area contributed by atoms with E-state index in [1.54, 1.807) is 6.92 Å². The van der Waals surface area contributed by atoms with Crippen molar-refractivity contribution in [2.75, 3.05) is 11.9 Å². The number of hydrogen-bond acceptors (Lipinski definition) is 4. The third-order valence-corrected chi connectivity index (χ3v) is 6.80. The number of benzene rings is 3. The molecule has 0 unspecified atom stereocenters. The molecule has 0 saturated carbocycles. The number of amides is 3. The lowest BCUT2D eigenvalue weighted by atomic mass is 9.98. The molecule has 40 heavy (non-hydrogen) atoms. The van der Waals surface area contributed by atoms with Crippen molar-refractivity contribution in [1.29, 1.82) is 0 Å². The van der Waals surface area contributed by atoms with Crippen LogP contribution < -0.4 is 14.7 Å². The van der Waals surface area contributed by atoms with Gasteiger partial charge in [-0.1, -0.05) is 6.07 Å². The van der Waals surface area contributed by atoms with E-state index in [2.05, 4.69) is 9.84 Å². The van der Waals surface area contributed by atoms with Crippen LogP contribution in [0.15, 0.2) is 42.5 Å². The predicted octanol–water partition coefficient (Wildman–Crippen LogP) is 4.92. The zero-order chi connectivity index (χ0) is 29.5. The lowest BCUT2D eigenvalue weighted by molar-refractivity contribution is 0.0950. The van der Waals surface area contributed by atoms with Crippen LogP contribution in [0.3, 0.4) is 0 Å². The van der Waals surface area contributed by atoms with Crippen molar-refractivity contribution in [2.24, 2.45) is 0 Å². The number of urea groups is 1. The van der Waals surface area contributed by atoms with Crippen LogP contribution in [0.4, 0.5) is 32.4 Å². The van der Waals surface area contributed by atoms with E-state index in [1.165, 1.54) is 30.1 Å². The van der Waals surface area contributed by atoms with Crippen molar-refractivity contribution >= 4 is 25.4 Å². The number of rotatable bonds is 7. The Balaban J connectivity index is 1.70.